The highest BCUT2D eigenvalue weighted by Gasteiger charge is 2.03. The lowest BCUT2D eigenvalue weighted by Crippen LogP contribution is -2.01. The Morgan fingerprint density at radius 1 is 1.35 bits per heavy atom. The number of nitriles is 1. The second kappa shape index (κ2) is 5.89. The molecule has 1 aromatic rings. The van der Waals surface area contributed by atoms with Gasteiger partial charge in [0.1, 0.15) is 0 Å². The average molecular weight is 233 g/mol. The Bertz CT molecular complexity index is 475. The summed E-state index contributed by atoms with van der Waals surface area (Å²) in [6.45, 7) is 5.53. The van der Waals surface area contributed by atoms with Crippen LogP contribution in [-0.2, 0) is 4.99 Å². The van der Waals surface area contributed by atoms with Crippen molar-refractivity contribution < 1.29 is 10.2 Å². The van der Waals surface area contributed by atoms with Crippen LogP contribution in [0.5, 0.6) is 0 Å². The minimum absolute atomic E-state index is 0.600. The van der Waals surface area contributed by atoms with Gasteiger partial charge in [0.15, 0.2) is 0 Å². The quantitative estimate of drug-likeness (QED) is 0.423. The Balaban J connectivity index is 2.96. The average Bonchev–Trinajstić information content (AvgIpc) is 2.31. The van der Waals surface area contributed by atoms with E-state index < -0.39 is 0 Å². The van der Waals surface area contributed by atoms with Crippen LogP contribution in [0, 0.1) is 25.2 Å². The molecule has 0 bridgehead atoms. The summed E-state index contributed by atoms with van der Waals surface area (Å²) in [6, 6.07) is 5.77. The van der Waals surface area contributed by atoms with E-state index >= 15 is 0 Å². The Kier molecular flexibility index (Phi) is 4.52. The van der Waals surface area contributed by atoms with Crippen LogP contribution in [0.3, 0.4) is 0 Å². The molecule has 0 spiro atoms. The molecule has 3 N–H and O–H groups in total. The van der Waals surface area contributed by atoms with E-state index in [4.69, 9.17) is 10.5 Å². The molecule has 0 amide bonds. The van der Waals surface area contributed by atoms with Crippen LogP contribution >= 0.6 is 0 Å². The van der Waals surface area contributed by atoms with Crippen LogP contribution in [0.4, 0.5) is 11.4 Å². The van der Waals surface area contributed by atoms with E-state index in [-0.39, 0.29) is 0 Å². The summed E-state index contributed by atoms with van der Waals surface area (Å²) in [4.78, 5) is 3.89. The number of anilines is 2. The summed E-state index contributed by atoms with van der Waals surface area (Å²) in [6.07, 6.45) is 1.65. The molecule has 1 aromatic carbocycles. The van der Waals surface area contributed by atoms with Gasteiger partial charge in [-0.15, -0.1) is 4.99 Å². The lowest BCUT2D eigenvalue weighted by molar-refractivity contribution is -0.215. The number of rotatable bonds is 4. The predicted octanol–water partition coefficient (Wildman–Crippen LogP) is 2.96. The maximum atomic E-state index is 8.64. The van der Waals surface area contributed by atoms with Gasteiger partial charge in [0, 0.05) is 17.5 Å². The Hall–Kier alpha value is -2.03. The number of aryl methyl sites for hydroxylation is 2. The summed E-state index contributed by atoms with van der Waals surface area (Å²) in [7, 11) is 0. The summed E-state index contributed by atoms with van der Waals surface area (Å²) in [5.74, 6) is 0. The third-order valence-electron chi connectivity index (χ3n) is 2.35. The molecular weight excluding hydrogens is 218 g/mol. The van der Waals surface area contributed by atoms with Crippen LogP contribution in [0.15, 0.2) is 23.9 Å². The number of nitrogens with one attached hydrogen (secondary N) is 2. The molecule has 0 aliphatic heterocycles. The number of allylic oxidation sites excluding steroid dienone is 1. The van der Waals surface area contributed by atoms with Gasteiger partial charge in [-0.2, -0.15) is 5.26 Å². The third-order valence-corrected chi connectivity index (χ3v) is 2.35. The summed E-state index contributed by atoms with van der Waals surface area (Å²) >= 11 is 0. The van der Waals surface area contributed by atoms with Crippen molar-refractivity contribution in [2.75, 3.05) is 10.8 Å². The number of hydrogen-bond acceptors (Lipinski definition) is 5. The van der Waals surface area contributed by atoms with Crippen LogP contribution in [0.2, 0.25) is 0 Å². The van der Waals surface area contributed by atoms with Crippen molar-refractivity contribution in [1.82, 2.24) is 0 Å². The number of hydrogen-bond donors (Lipinski definition) is 3. The minimum atomic E-state index is 0.600. The van der Waals surface area contributed by atoms with Crippen molar-refractivity contribution in [3.8, 4) is 6.07 Å². The first-order valence-electron chi connectivity index (χ1n) is 5.09. The largest absolute Gasteiger partial charge is 0.361 e. The van der Waals surface area contributed by atoms with Gasteiger partial charge >= 0.3 is 0 Å². The molecule has 17 heavy (non-hydrogen) atoms. The zero-order chi connectivity index (χ0) is 12.8. The molecule has 0 heterocycles. The van der Waals surface area contributed by atoms with E-state index in [2.05, 4.69) is 15.8 Å². The van der Waals surface area contributed by atoms with Crippen LogP contribution in [0.25, 0.3) is 0 Å². The van der Waals surface area contributed by atoms with Crippen molar-refractivity contribution in [1.29, 1.82) is 5.26 Å². The number of nitrogens with zero attached hydrogens (tertiary/aromatic N) is 1. The lowest BCUT2D eigenvalue weighted by Gasteiger charge is -2.11. The molecule has 5 heteroatoms. The van der Waals surface area contributed by atoms with E-state index in [0.29, 0.717) is 11.3 Å². The zero-order valence-electron chi connectivity index (χ0n) is 10.0. The van der Waals surface area contributed by atoms with Crippen molar-refractivity contribution in [3.63, 3.8) is 0 Å². The fraction of sp³-hybridized carbons (Fsp3) is 0.250. The molecule has 0 aromatic heterocycles. The molecule has 0 radical (unpaired) electrons. The zero-order valence-corrected chi connectivity index (χ0v) is 10.0. The second-order valence-corrected chi connectivity index (χ2v) is 3.76. The summed E-state index contributed by atoms with van der Waals surface area (Å²) < 4.78 is 0. The topological polar surface area (TPSA) is 77.3 Å². The van der Waals surface area contributed by atoms with Gasteiger partial charge in [0.25, 0.3) is 0 Å². The van der Waals surface area contributed by atoms with E-state index in [9.17, 15) is 0 Å². The number of benzene rings is 1. The smallest absolute Gasteiger partial charge is 0.0959 e. The highest BCUT2D eigenvalue weighted by atomic mass is 17.2. The molecule has 0 aliphatic carbocycles. The standard InChI is InChI=1S/C12H15N3O2/c1-8(6-13)7-14-11-4-10(3)12(15-17-16)5-9(11)2/h4-5,7,14-16H,1-3H3/b8-7+. The molecular formula is C12H15N3O2. The second-order valence-electron chi connectivity index (χ2n) is 3.76. The van der Waals surface area contributed by atoms with Gasteiger partial charge in [-0.1, -0.05) is 0 Å². The molecule has 1 rings (SSSR count). The highest BCUT2D eigenvalue weighted by molar-refractivity contribution is 5.64. The SMILES string of the molecule is C/C(C#N)=C\Nc1cc(C)c(NOO)cc1C. The monoisotopic (exact) mass is 233 g/mol. The van der Waals surface area contributed by atoms with Gasteiger partial charge in [0.05, 0.1) is 11.8 Å². The predicted molar refractivity (Wildman–Crippen MR) is 66.2 cm³/mol. The first-order chi connectivity index (χ1) is 8.08. The van der Waals surface area contributed by atoms with Gasteiger partial charge < -0.3 is 5.32 Å². The van der Waals surface area contributed by atoms with E-state index in [0.717, 1.165) is 16.8 Å². The van der Waals surface area contributed by atoms with Gasteiger partial charge in [-0.25, -0.2) is 10.7 Å². The molecule has 5 nitrogen and oxygen atoms in total. The molecule has 0 fully saturated rings. The Morgan fingerprint density at radius 2 is 1.94 bits per heavy atom. The first-order valence-corrected chi connectivity index (χ1v) is 5.09. The molecule has 0 saturated carbocycles. The maximum Gasteiger partial charge on any atom is 0.0959 e. The van der Waals surface area contributed by atoms with E-state index in [1.165, 1.54) is 0 Å². The van der Waals surface area contributed by atoms with Crippen molar-refractivity contribution in [2.24, 2.45) is 0 Å². The van der Waals surface area contributed by atoms with Gasteiger partial charge in [-0.3, -0.25) is 0 Å². The van der Waals surface area contributed by atoms with Crippen LogP contribution in [-0.4, -0.2) is 5.26 Å². The van der Waals surface area contributed by atoms with E-state index in [1.54, 1.807) is 13.1 Å². The molecule has 0 unspecified atom stereocenters. The van der Waals surface area contributed by atoms with Gasteiger partial charge in [-0.05, 0) is 44.0 Å². The van der Waals surface area contributed by atoms with E-state index in [1.807, 2.05) is 32.0 Å². The van der Waals surface area contributed by atoms with Crippen LogP contribution in [0.1, 0.15) is 18.1 Å². The summed E-state index contributed by atoms with van der Waals surface area (Å²) in [5, 5.41) is 20.0. The highest BCUT2D eigenvalue weighted by Crippen LogP contribution is 2.24. The van der Waals surface area contributed by atoms with Crippen molar-refractivity contribution in [2.45, 2.75) is 20.8 Å². The Morgan fingerprint density at radius 3 is 2.53 bits per heavy atom. The molecule has 0 atom stereocenters. The summed E-state index contributed by atoms with van der Waals surface area (Å²) in [5.41, 5.74) is 6.46. The maximum absolute atomic E-state index is 8.64. The first kappa shape index (κ1) is 13.0. The Labute approximate surface area is 100 Å². The molecule has 90 valence electrons. The van der Waals surface area contributed by atoms with Crippen molar-refractivity contribution in [3.05, 3.63) is 35.0 Å². The van der Waals surface area contributed by atoms with Crippen LogP contribution < -0.4 is 10.8 Å². The molecule has 0 aliphatic rings. The normalized spacial score (nSPS) is 10.9. The fourth-order valence-electron chi connectivity index (χ4n) is 1.35. The fourth-order valence-corrected chi connectivity index (χ4v) is 1.35. The third kappa shape index (κ3) is 3.48. The minimum Gasteiger partial charge on any atom is -0.361 e. The lowest BCUT2D eigenvalue weighted by atomic mass is 10.1. The van der Waals surface area contributed by atoms with Crippen molar-refractivity contribution >= 4 is 11.4 Å². The van der Waals surface area contributed by atoms with Gasteiger partial charge in [0.2, 0.25) is 0 Å². The molecule has 0 saturated heterocycles.